The number of carboxylic acids is 1. The number of ether oxygens (including phenoxy) is 1. The van der Waals surface area contributed by atoms with Crippen LogP contribution in [-0.4, -0.2) is 29.0 Å². The van der Waals surface area contributed by atoms with Crippen LogP contribution in [0.15, 0.2) is 24.3 Å². The van der Waals surface area contributed by atoms with E-state index in [-0.39, 0.29) is 0 Å². The molecule has 1 saturated heterocycles. The van der Waals surface area contributed by atoms with Crippen LogP contribution in [0.1, 0.15) is 37.3 Å². The molecule has 1 heterocycles. The molecule has 1 aliphatic rings. The van der Waals surface area contributed by atoms with Crippen molar-refractivity contribution in [2.24, 2.45) is 0 Å². The van der Waals surface area contributed by atoms with E-state index in [1.165, 1.54) is 5.56 Å². The molecule has 3 unspecified atom stereocenters. The van der Waals surface area contributed by atoms with Gasteiger partial charge in [0.25, 0.3) is 0 Å². The van der Waals surface area contributed by atoms with Gasteiger partial charge in [0.05, 0.1) is 12.0 Å². The maximum absolute atomic E-state index is 10.9. The van der Waals surface area contributed by atoms with Crippen molar-refractivity contribution in [1.82, 2.24) is 0 Å². The van der Waals surface area contributed by atoms with E-state index in [1.54, 1.807) is 6.92 Å². The quantitative estimate of drug-likeness (QED) is 0.899. The molecule has 0 saturated carbocycles. The lowest BCUT2D eigenvalue weighted by molar-refractivity contribution is -0.138. The van der Waals surface area contributed by atoms with Gasteiger partial charge >= 0.3 is 5.97 Å². The molecule has 19 heavy (non-hydrogen) atoms. The van der Waals surface area contributed by atoms with Gasteiger partial charge in [0.2, 0.25) is 0 Å². The van der Waals surface area contributed by atoms with Gasteiger partial charge in [-0.15, -0.1) is 0 Å². The molecule has 1 aromatic carbocycles. The molecule has 3 atom stereocenters. The Morgan fingerprint density at radius 1 is 1.47 bits per heavy atom. The van der Waals surface area contributed by atoms with Crippen LogP contribution in [0.3, 0.4) is 0 Å². The minimum Gasteiger partial charge on any atom is -0.481 e. The van der Waals surface area contributed by atoms with Crippen LogP contribution in [0, 0.1) is 0 Å². The summed E-state index contributed by atoms with van der Waals surface area (Å²) in [5.41, 5.74) is 2.10. The summed E-state index contributed by atoms with van der Waals surface area (Å²) in [6, 6.07) is 7.90. The van der Waals surface area contributed by atoms with Gasteiger partial charge in [0.15, 0.2) is 0 Å². The normalized spacial score (nSPS) is 24.3. The number of aliphatic carboxylic acids is 1. The van der Waals surface area contributed by atoms with Gasteiger partial charge in [-0.25, -0.2) is 0 Å². The lowest BCUT2D eigenvalue weighted by Crippen LogP contribution is -2.13. The van der Waals surface area contributed by atoms with E-state index in [0.29, 0.717) is 11.4 Å². The first kappa shape index (κ1) is 14.4. The van der Waals surface area contributed by atoms with Crippen molar-refractivity contribution in [3.63, 3.8) is 0 Å². The predicted molar refractivity (Wildman–Crippen MR) is 77.6 cm³/mol. The summed E-state index contributed by atoms with van der Waals surface area (Å²) in [6.45, 7) is 4.71. The number of carboxylic acid groups (broad SMARTS) is 1. The molecule has 3 nitrogen and oxygen atoms in total. The second-order valence-corrected chi connectivity index (χ2v) is 6.24. The molecule has 1 aromatic rings. The Labute approximate surface area is 118 Å². The van der Waals surface area contributed by atoms with Gasteiger partial charge in [-0.1, -0.05) is 24.3 Å². The van der Waals surface area contributed by atoms with Crippen molar-refractivity contribution < 1.29 is 14.6 Å². The monoisotopic (exact) mass is 280 g/mol. The number of rotatable bonds is 5. The summed E-state index contributed by atoms with van der Waals surface area (Å²) >= 11 is 1.92. The molecular formula is C15H20O3S. The molecule has 2 rings (SSSR count). The fraction of sp³-hybridized carbons (Fsp3) is 0.533. The van der Waals surface area contributed by atoms with Crippen molar-refractivity contribution in [2.45, 2.75) is 43.3 Å². The average Bonchev–Trinajstić information content (AvgIpc) is 2.81. The Balaban J connectivity index is 1.90. The maximum Gasteiger partial charge on any atom is 0.310 e. The first-order valence-corrected chi connectivity index (χ1v) is 7.67. The smallest absolute Gasteiger partial charge is 0.310 e. The number of thioether (sulfide) groups is 1. The molecule has 0 bridgehead atoms. The molecule has 0 aliphatic carbocycles. The molecule has 4 heteroatoms. The first-order valence-electron chi connectivity index (χ1n) is 6.63. The van der Waals surface area contributed by atoms with Crippen LogP contribution in [0.4, 0.5) is 0 Å². The second kappa shape index (κ2) is 6.44. The molecule has 0 spiro atoms. The minimum absolute atomic E-state index is 0.344. The topological polar surface area (TPSA) is 46.5 Å². The highest BCUT2D eigenvalue weighted by Crippen LogP contribution is 2.29. The fourth-order valence-electron chi connectivity index (χ4n) is 2.18. The third kappa shape index (κ3) is 3.74. The Morgan fingerprint density at radius 2 is 2.16 bits per heavy atom. The molecule has 0 radical (unpaired) electrons. The van der Waals surface area contributed by atoms with Crippen molar-refractivity contribution in [1.29, 1.82) is 0 Å². The van der Waals surface area contributed by atoms with Gasteiger partial charge in [0, 0.05) is 17.6 Å². The molecule has 0 aromatic heterocycles. The highest BCUT2D eigenvalue weighted by Gasteiger charge is 2.24. The van der Waals surface area contributed by atoms with Gasteiger partial charge in [-0.3, -0.25) is 4.79 Å². The molecule has 1 aliphatic heterocycles. The summed E-state index contributed by atoms with van der Waals surface area (Å²) < 4.78 is 5.54. The zero-order valence-electron chi connectivity index (χ0n) is 11.3. The van der Waals surface area contributed by atoms with E-state index in [4.69, 9.17) is 9.84 Å². The molecule has 104 valence electrons. The average molecular weight is 280 g/mol. The summed E-state index contributed by atoms with van der Waals surface area (Å²) in [6.07, 6.45) is 1.47. The lowest BCUT2D eigenvalue weighted by Gasteiger charge is -2.13. The molecular weight excluding hydrogens is 260 g/mol. The predicted octanol–water partition coefficient (Wildman–Crippen LogP) is 3.29. The van der Waals surface area contributed by atoms with Crippen LogP contribution in [0.5, 0.6) is 0 Å². The standard InChI is InChI=1S/C15H20O3S/c1-10(15(16)17)13-5-3-12(4-6-13)9-19-14-7-8-18-11(14)2/h3-6,10-11,14H,7-9H2,1-2H3,(H,16,17). The van der Waals surface area contributed by atoms with E-state index in [1.807, 2.05) is 36.0 Å². The third-order valence-corrected chi connectivity index (χ3v) is 5.17. The van der Waals surface area contributed by atoms with Crippen LogP contribution < -0.4 is 0 Å². The lowest BCUT2D eigenvalue weighted by atomic mass is 10.0. The van der Waals surface area contributed by atoms with Crippen molar-refractivity contribution >= 4 is 17.7 Å². The fourth-order valence-corrected chi connectivity index (χ4v) is 3.39. The highest BCUT2D eigenvalue weighted by molar-refractivity contribution is 7.99. The number of hydrogen-bond donors (Lipinski definition) is 1. The number of benzene rings is 1. The Morgan fingerprint density at radius 3 is 2.68 bits per heavy atom. The van der Waals surface area contributed by atoms with Crippen LogP contribution >= 0.6 is 11.8 Å². The first-order chi connectivity index (χ1) is 9.08. The van der Waals surface area contributed by atoms with E-state index in [2.05, 4.69) is 6.92 Å². The summed E-state index contributed by atoms with van der Waals surface area (Å²) in [7, 11) is 0. The number of hydrogen-bond acceptors (Lipinski definition) is 3. The van der Waals surface area contributed by atoms with Crippen LogP contribution in [0.25, 0.3) is 0 Å². The zero-order valence-corrected chi connectivity index (χ0v) is 12.2. The number of carbonyl (C=O) groups is 1. The maximum atomic E-state index is 10.9. The Kier molecular flexibility index (Phi) is 4.88. The van der Waals surface area contributed by atoms with Gasteiger partial charge in [-0.2, -0.15) is 11.8 Å². The van der Waals surface area contributed by atoms with Crippen molar-refractivity contribution in [2.75, 3.05) is 6.61 Å². The Hall–Kier alpha value is -1.00. The summed E-state index contributed by atoms with van der Waals surface area (Å²) in [5, 5.41) is 9.54. The highest BCUT2D eigenvalue weighted by atomic mass is 32.2. The summed E-state index contributed by atoms with van der Waals surface area (Å²) in [5.74, 6) is -0.260. The largest absolute Gasteiger partial charge is 0.481 e. The molecule has 1 N–H and O–H groups in total. The van der Waals surface area contributed by atoms with E-state index >= 15 is 0 Å². The van der Waals surface area contributed by atoms with E-state index in [0.717, 1.165) is 24.3 Å². The molecule has 0 amide bonds. The van der Waals surface area contributed by atoms with Gasteiger partial charge in [0.1, 0.15) is 0 Å². The minimum atomic E-state index is -0.779. The third-order valence-electron chi connectivity index (χ3n) is 3.62. The summed E-state index contributed by atoms with van der Waals surface area (Å²) in [4.78, 5) is 10.9. The SMILES string of the molecule is CC(C(=O)O)c1ccc(CSC2CCOC2C)cc1. The van der Waals surface area contributed by atoms with Crippen molar-refractivity contribution in [3.05, 3.63) is 35.4 Å². The van der Waals surface area contributed by atoms with E-state index < -0.39 is 11.9 Å². The molecule has 1 fully saturated rings. The van der Waals surface area contributed by atoms with Gasteiger partial charge < -0.3 is 9.84 Å². The van der Waals surface area contributed by atoms with E-state index in [9.17, 15) is 4.79 Å². The van der Waals surface area contributed by atoms with Crippen molar-refractivity contribution in [3.8, 4) is 0 Å². The second-order valence-electron chi connectivity index (χ2n) is 5.02. The Bertz CT molecular complexity index is 430. The van der Waals surface area contributed by atoms with Crippen LogP contribution in [-0.2, 0) is 15.3 Å². The van der Waals surface area contributed by atoms with Crippen LogP contribution in [0.2, 0.25) is 0 Å². The zero-order chi connectivity index (χ0) is 13.8. The van der Waals surface area contributed by atoms with Gasteiger partial charge in [-0.05, 0) is 31.4 Å².